The lowest BCUT2D eigenvalue weighted by atomic mass is 9.96. The highest BCUT2D eigenvalue weighted by atomic mass is 32.1. The molecule has 0 saturated carbocycles. The number of rotatable bonds is 5. The van der Waals surface area contributed by atoms with Gasteiger partial charge in [-0.15, -0.1) is 11.3 Å². The molecule has 5 aromatic rings. The SMILES string of the molecule is Cc1sc2ncn(NC(=O)COc3ccc4oc5c(c4c3)CCCC5)c(=O)c2c1-c1ccccc1. The molecule has 0 aliphatic heterocycles. The third kappa shape index (κ3) is 3.89. The predicted molar refractivity (Wildman–Crippen MR) is 137 cm³/mol. The number of nitrogens with one attached hydrogen (secondary N) is 1. The van der Waals surface area contributed by atoms with Crippen molar-refractivity contribution >= 4 is 38.4 Å². The summed E-state index contributed by atoms with van der Waals surface area (Å²) in [5.41, 5.74) is 6.17. The Kier molecular flexibility index (Phi) is 5.37. The lowest BCUT2D eigenvalue weighted by Gasteiger charge is -2.10. The average Bonchev–Trinajstić information content (AvgIpc) is 3.42. The lowest BCUT2D eigenvalue weighted by molar-refractivity contribution is -0.119. The number of thiophene rings is 1. The van der Waals surface area contributed by atoms with E-state index in [2.05, 4.69) is 10.4 Å². The second kappa shape index (κ2) is 8.70. The predicted octanol–water partition coefficient (Wildman–Crippen LogP) is 5.21. The van der Waals surface area contributed by atoms with Gasteiger partial charge >= 0.3 is 0 Å². The van der Waals surface area contributed by atoms with E-state index in [0.29, 0.717) is 16.0 Å². The molecule has 3 aromatic heterocycles. The minimum Gasteiger partial charge on any atom is -0.484 e. The van der Waals surface area contributed by atoms with E-state index in [1.54, 1.807) is 6.07 Å². The minimum atomic E-state index is -0.448. The van der Waals surface area contributed by atoms with Crippen LogP contribution in [0.3, 0.4) is 0 Å². The Labute approximate surface area is 204 Å². The molecule has 3 heterocycles. The van der Waals surface area contributed by atoms with Gasteiger partial charge in [0.15, 0.2) is 6.61 Å². The van der Waals surface area contributed by atoms with Gasteiger partial charge in [0.1, 0.15) is 28.3 Å². The number of hydrogen-bond donors (Lipinski definition) is 1. The molecule has 1 amide bonds. The maximum absolute atomic E-state index is 13.3. The van der Waals surface area contributed by atoms with Crippen LogP contribution in [0, 0.1) is 6.92 Å². The number of aryl methyl sites for hydroxylation is 3. The summed E-state index contributed by atoms with van der Waals surface area (Å²) in [4.78, 5) is 32.0. The Morgan fingerprint density at radius 3 is 2.86 bits per heavy atom. The number of carbonyl (C=O) groups is 1. The highest BCUT2D eigenvalue weighted by Crippen LogP contribution is 2.35. The topological polar surface area (TPSA) is 86.4 Å². The van der Waals surface area contributed by atoms with Crippen molar-refractivity contribution in [2.24, 2.45) is 0 Å². The van der Waals surface area contributed by atoms with Gasteiger partial charge < -0.3 is 9.15 Å². The summed E-state index contributed by atoms with van der Waals surface area (Å²) in [5.74, 6) is 1.19. The van der Waals surface area contributed by atoms with Crippen molar-refractivity contribution in [1.82, 2.24) is 9.66 Å². The van der Waals surface area contributed by atoms with Crippen LogP contribution in [-0.2, 0) is 17.6 Å². The molecule has 0 saturated heterocycles. The normalized spacial score (nSPS) is 13.2. The van der Waals surface area contributed by atoms with E-state index in [1.165, 1.54) is 23.2 Å². The number of carbonyl (C=O) groups excluding carboxylic acids is 1. The molecular formula is C27H23N3O4S. The third-order valence-electron chi connectivity index (χ3n) is 6.39. The van der Waals surface area contributed by atoms with Crippen LogP contribution in [0.2, 0.25) is 0 Å². The van der Waals surface area contributed by atoms with Gasteiger partial charge in [-0.3, -0.25) is 15.0 Å². The first-order chi connectivity index (χ1) is 17.1. The molecule has 1 N–H and O–H groups in total. The van der Waals surface area contributed by atoms with E-state index in [0.717, 1.165) is 63.1 Å². The zero-order chi connectivity index (χ0) is 23.9. The van der Waals surface area contributed by atoms with Crippen LogP contribution in [-0.4, -0.2) is 22.2 Å². The summed E-state index contributed by atoms with van der Waals surface area (Å²) < 4.78 is 12.8. The Bertz CT molecular complexity index is 1630. The number of benzene rings is 2. The fourth-order valence-corrected chi connectivity index (χ4v) is 5.78. The fraction of sp³-hybridized carbons (Fsp3) is 0.222. The highest BCUT2D eigenvalue weighted by molar-refractivity contribution is 7.19. The molecule has 2 aromatic carbocycles. The zero-order valence-electron chi connectivity index (χ0n) is 19.2. The molecule has 35 heavy (non-hydrogen) atoms. The number of amides is 1. The summed E-state index contributed by atoms with van der Waals surface area (Å²) in [6.45, 7) is 1.74. The molecule has 0 spiro atoms. The first kappa shape index (κ1) is 21.6. The first-order valence-corrected chi connectivity index (χ1v) is 12.4. The largest absolute Gasteiger partial charge is 0.484 e. The molecular weight excluding hydrogens is 462 g/mol. The number of nitrogens with zero attached hydrogens (tertiary/aromatic N) is 2. The second-order valence-electron chi connectivity index (χ2n) is 8.69. The summed E-state index contributed by atoms with van der Waals surface area (Å²) in [5, 5.41) is 1.54. The van der Waals surface area contributed by atoms with Crippen molar-refractivity contribution in [1.29, 1.82) is 0 Å². The van der Waals surface area contributed by atoms with Crippen LogP contribution < -0.4 is 15.7 Å². The van der Waals surface area contributed by atoms with E-state index in [-0.39, 0.29) is 12.2 Å². The van der Waals surface area contributed by atoms with E-state index < -0.39 is 5.91 Å². The van der Waals surface area contributed by atoms with Crippen LogP contribution in [0.5, 0.6) is 5.75 Å². The van der Waals surface area contributed by atoms with Crippen LogP contribution in [0.15, 0.2) is 64.1 Å². The van der Waals surface area contributed by atoms with Crippen molar-refractivity contribution in [3.05, 3.63) is 81.4 Å². The summed E-state index contributed by atoms with van der Waals surface area (Å²) in [7, 11) is 0. The van der Waals surface area contributed by atoms with Crippen LogP contribution in [0.1, 0.15) is 29.0 Å². The monoisotopic (exact) mass is 485 g/mol. The van der Waals surface area contributed by atoms with Gasteiger partial charge in [-0.05, 0) is 49.9 Å². The van der Waals surface area contributed by atoms with Crippen molar-refractivity contribution in [2.45, 2.75) is 32.6 Å². The van der Waals surface area contributed by atoms with Crippen molar-refractivity contribution in [3.8, 4) is 16.9 Å². The van der Waals surface area contributed by atoms with E-state index >= 15 is 0 Å². The molecule has 0 atom stereocenters. The second-order valence-corrected chi connectivity index (χ2v) is 9.89. The van der Waals surface area contributed by atoms with Gasteiger partial charge in [0, 0.05) is 27.8 Å². The molecule has 6 rings (SSSR count). The Balaban J connectivity index is 1.22. The van der Waals surface area contributed by atoms with Gasteiger partial charge in [0.2, 0.25) is 0 Å². The van der Waals surface area contributed by atoms with Crippen molar-refractivity contribution in [2.75, 3.05) is 12.0 Å². The van der Waals surface area contributed by atoms with Crippen molar-refractivity contribution < 1.29 is 13.9 Å². The molecule has 7 nitrogen and oxygen atoms in total. The number of furan rings is 1. The van der Waals surface area contributed by atoms with Crippen LogP contribution >= 0.6 is 11.3 Å². The molecule has 0 fully saturated rings. The zero-order valence-corrected chi connectivity index (χ0v) is 20.0. The molecule has 1 aliphatic carbocycles. The quantitative estimate of drug-likeness (QED) is 0.369. The van der Waals surface area contributed by atoms with E-state index in [1.807, 2.05) is 49.4 Å². The van der Waals surface area contributed by atoms with Crippen LogP contribution in [0.25, 0.3) is 32.3 Å². The number of aromatic nitrogens is 2. The third-order valence-corrected chi connectivity index (χ3v) is 7.41. The fourth-order valence-electron chi connectivity index (χ4n) is 4.78. The van der Waals surface area contributed by atoms with E-state index in [4.69, 9.17) is 9.15 Å². The maximum Gasteiger partial charge on any atom is 0.281 e. The van der Waals surface area contributed by atoms with Crippen molar-refractivity contribution in [3.63, 3.8) is 0 Å². The first-order valence-electron chi connectivity index (χ1n) is 11.6. The Morgan fingerprint density at radius 1 is 1.17 bits per heavy atom. The molecule has 0 unspecified atom stereocenters. The molecule has 8 heteroatoms. The van der Waals surface area contributed by atoms with Gasteiger partial charge in [-0.1, -0.05) is 30.3 Å². The number of hydrogen-bond acceptors (Lipinski definition) is 6. The summed E-state index contributed by atoms with van der Waals surface area (Å²) in [6, 6.07) is 15.3. The van der Waals surface area contributed by atoms with Gasteiger partial charge in [-0.25, -0.2) is 9.66 Å². The van der Waals surface area contributed by atoms with E-state index in [9.17, 15) is 9.59 Å². The number of fused-ring (bicyclic) bond motifs is 4. The number of ether oxygens (including phenoxy) is 1. The maximum atomic E-state index is 13.3. The summed E-state index contributed by atoms with van der Waals surface area (Å²) >= 11 is 1.46. The molecule has 176 valence electrons. The highest BCUT2D eigenvalue weighted by Gasteiger charge is 2.19. The van der Waals surface area contributed by atoms with Gasteiger partial charge in [0.25, 0.3) is 11.5 Å². The smallest absolute Gasteiger partial charge is 0.281 e. The Morgan fingerprint density at radius 2 is 2.00 bits per heavy atom. The van der Waals surface area contributed by atoms with Gasteiger partial charge in [0.05, 0.1) is 5.39 Å². The molecule has 0 bridgehead atoms. The molecule has 0 radical (unpaired) electrons. The Hall–Kier alpha value is -3.91. The average molecular weight is 486 g/mol. The lowest BCUT2D eigenvalue weighted by Crippen LogP contribution is -2.35. The van der Waals surface area contributed by atoms with Crippen LogP contribution in [0.4, 0.5) is 0 Å². The standard InChI is InChI=1S/C27H23N3O4S/c1-16-24(17-7-3-2-4-8-17)25-26(35-16)28-15-30(27(25)32)29-23(31)14-33-18-11-12-22-20(13-18)19-9-5-6-10-21(19)34-22/h2-4,7-8,11-13,15H,5-6,9-10,14H2,1H3,(H,29,31). The minimum absolute atomic E-state index is 0.232. The van der Waals surface area contributed by atoms with Gasteiger partial charge in [-0.2, -0.15) is 0 Å². The molecule has 1 aliphatic rings. The summed E-state index contributed by atoms with van der Waals surface area (Å²) in [6.07, 6.45) is 5.60.